The first-order valence-corrected chi connectivity index (χ1v) is 10.1. The summed E-state index contributed by atoms with van der Waals surface area (Å²) in [6.07, 6.45) is 5.95. The van der Waals surface area contributed by atoms with Crippen molar-refractivity contribution in [2.24, 2.45) is 11.8 Å². The highest BCUT2D eigenvalue weighted by Crippen LogP contribution is 2.35. The van der Waals surface area contributed by atoms with Gasteiger partial charge in [0.2, 0.25) is 5.82 Å². The molecule has 0 radical (unpaired) electrons. The molecular formula is C20H20N6S. The van der Waals surface area contributed by atoms with E-state index in [-0.39, 0.29) is 0 Å². The van der Waals surface area contributed by atoms with Gasteiger partial charge >= 0.3 is 0 Å². The number of nitrogens with zero attached hydrogens (tertiary/aromatic N) is 6. The minimum Gasteiger partial charge on any atom is -0.253 e. The molecule has 0 bridgehead atoms. The number of aryl methyl sites for hydroxylation is 1. The van der Waals surface area contributed by atoms with E-state index in [2.05, 4.69) is 32.6 Å². The zero-order valence-corrected chi connectivity index (χ0v) is 16.1. The Morgan fingerprint density at radius 3 is 2.67 bits per heavy atom. The summed E-state index contributed by atoms with van der Waals surface area (Å²) in [5, 5.41) is 7.72. The molecule has 1 aromatic carbocycles. The normalized spacial score (nSPS) is 19.3. The van der Waals surface area contributed by atoms with Gasteiger partial charge in [-0.1, -0.05) is 6.92 Å². The molecule has 1 fully saturated rings. The third-order valence-electron chi connectivity index (χ3n) is 5.11. The van der Waals surface area contributed by atoms with Gasteiger partial charge in [-0.25, -0.2) is 14.6 Å². The molecule has 1 saturated carbocycles. The quantitative estimate of drug-likeness (QED) is 0.529. The molecule has 0 N–H and O–H groups in total. The van der Waals surface area contributed by atoms with E-state index in [1.807, 2.05) is 24.4 Å². The Morgan fingerprint density at radius 1 is 1.11 bits per heavy atom. The predicted molar refractivity (Wildman–Crippen MR) is 106 cm³/mol. The molecule has 136 valence electrons. The fourth-order valence-electron chi connectivity index (χ4n) is 3.80. The van der Waals surface area contributed by atoms with Crippen LogP contribution in [0.15, 0.2) is 36.0 Å². The lowest BCUT2D eigenvalue weighted by Crippen LogP contribution is -2.26. The van der Waals surface area contributed by atoms with Crippen LogP contribution in [0.2, 0.25) is 0 Å². The van der Waals surface area contributed by atoms with E-state index in [0.29, 0.717) is 11.7 Å². The third-order valence-corrected chi connectivity index (χ3v) is 6.07. The zero-order valence-electron chi connectivity index (χ0n) is 15.3. The molecule has 1 aliphatic carbocycles. The first-order chi connectivity index (χ1) is 13.2. The standard InChI is InChI=1S/C20H20N6S/c1-12-7-14(8-12)10-26-19(24-18(25-26)20-23-13(2)11-27-20)15-3-4-16-17(9-15)22-6-5-21-16/h3-6,9,11-12,14H,7-8,10H2,1-2H3. The van der Waals surface area contributed by atoms with Crippen molar-refractivity contribution in [3.05, 3.63) is 41.7 Å². The van der Waals surface area contributed by atoms with E-state index < -0.39 is 0 Å². The van der Waals surface area contributed by atoms with E-state index in [9.17, 15) is 0 Å². The van der Waals surface area contributed by atoms with Crippen LogP contribution in [0.5, 0.6) is 0 Å². The van der Waals surface area contributed by atoms with Crippen LogP contribution in [-0.4, -0.2) is 29.7 Å². The molecule has 4 aromatic rings. The Bertz CT molecular complexity index is 1110. The fourth-order valence-corrected chi connectivity index (χ4v) is 4.52. The first kappa shape index (κ1) is 16.5. The molecule has 0 amide bonds. The van der Waals surface area contributed by atoms with E-state index in [1.54, 1.807) is 23.7 Å². The molecule has 6 nitrogen and oxygen atoms in total. The summed E-state index contributed by atoms with van der Waals surface area (Å²) in [4.78, 5) is 18.2. The number of aromatic nitrogens is 6. The number of hydrogen-bond acceptors (Lipinski definition) is 6. The van der Waals surface area contributed by atoms with Crippen molar-refractivity contribution in [1.82, 2.24) is 29.7 Å². The van der Waals surface area contributed by atoms with Gasteiger partial charge in [0.05, 0.1) is 11.0 Å². The molecule has 0 spiro atoms. The second kappa shape index (κ2) is 6.49. The van der Waals surface area contributed by atoms with Crippen molar-refractivity contribution in [2.45, 2.75) is 33.2 Å². The first-order valence-electron chi connectivity index (χ1n) is 9.24. The fraction of sp³-hybridized carbons (Fsp3) is 0.350. The van der Waals surface area contributed by atoms with Crippen LogP contribution in [-0.2, 0) is 6.54 Å². The lowest BCUT2D eigenvalue weighted by Gasteiger charge is -2.32. The van der Waals surface area contributed by atoms with Crippen LogP contribution in [0, 0.1) is 18.8 Å². The Balaban J connectivity index is 1.58. The lowest BCUT2D eigenvalue weighted by atomic mass is 9.76. The maximum Gasteiger partial charge on any atom is 0.210 e. The molecule has 5 rings (SSSR count). The zero-order chi connectivity index (χ0) is 18.4. The summed E-state index contributed by atoms with van der Waals surface area (Å²) in [6.45, 7) is 5.20. The van der Waals surface area contributed by atoms with Gasteiger partial charge in [0, 0.05) is 35.6 Å². The van der Waals surface area contributed by atoms with Crippen LogP contribution in [0.25, 0.3) is 33.3 Å². The van der Waals surface area contributed by atoms with Gasteiger partial charge in [-0.3, -0.25) is 9.97 Å². The molecule has 3 heterocycles. The molecule has 7 heteroatoms. The van der Waals surface area contributed by atoms with Crippen molar-refractivity contribution < 1.29 is 0 Å². The van der Waals surface area contributed by atoms with Crippen molar-refractivity contribution in [2.75, 3.05) is 0 Å². The van der Waals surface area contributed by atoms with Gasteiger partial charge in [0.15, 0.2) is 10.8 Å². The number of fused-ring (bicyclic) bond motifs is 1. The predicted octanol–water partition coefficient (Wildman–Crippen LogP) is 4.37. The number of benzene rings is 1. The molecular weight excluding hydrogens is 356 g/mol. The number of thiazole rings is 1. The lowest BCUT2D eigenvalue weighted by molar-refractivity contribution is 0.182. The van der Waals surface area contributed by atoms with Crippen molar-refractivity contribution in [3.63, 3.8) is 0 Å². The summed E-state index contributed by atoms with van der Waals surface area (Å²) in [7, 11) is 0. The van der Waals surface area contributed by atoms with Gasteiger partial charge in [0.25, 0.3) is 0 Å². The van der Waals surface area contributed by atoms with Crippen molar-refractivity contribution in [1.29, 1.82) is 0 Å². The molecule has 0 saturated heterocycles. The highest BCUT2D eigenvalue weighted by atomic mass is 32.1. The summed E-state index contributed by atoms with van der Waals surface area (Å²) in [5.74, 6) is 3.07. The van der Waals surface area contributed by atoms with E-state index in [4.69, 9.17) is 10.1 Å². The van der Waals surface area contributed by atoms with Crippen molar-refractivity contribution in [3.8, 4) is 22.2 Å². The average Bonchev–Trinajstić information content (AvgIpc) is 3.26. The largest absolute Gasteiger partial charge is 0.253 e. The van der Waals surface area contributed by atoms with Gasteiger partial charge in [-0.15, -0.1) is 16.4 Å². The molecule has 0 atom stereocenters. The second-order valence-corrected chi connectivity index (χ2v) is 8.30. The van der Waals surface area contributed by atoms with Gasteiger partial charge in [-0.2, -0.15) is 0 Å². The summed E-state index contributed by atoms with van der Waals surface area (Å²) in [5.41, 5.74) is 3.77. The minimum absolute atomic E-state index is 0.673. The van der Waals surface area contributed by atoms with Crippen LogP contribution in [0.4, 0.5) is 0 Å². The maximum atomic E-state index is 4.85. The molecule has 1 aliphatic rings. The average molecular weight is 376 g/mol. The monoisotopic (exact) mass is 376 g/mol. The van der Waals surface area contributed by atoms with Crippen LogP contribution in [0.3, 0.4) is 0 Å². The minimum atomic E-state index is 0.673. The topological polar surface area (TPSA) is 69.4 Å². The highest BCUT2D eigenvalue weighted by Gasteiger charge is 2.27. The number of hydrogen-bond donors (Lipinski definition) is 0. The molecule has 0 unspecified atom stereocenters. The summed E-state index contributed by atoms with van der Waals surface area (Å²) in [6, 6.07) is 6.09. The molecule has 3 aromatic heterocycles. The van der Waals surface area contributed by atoms with Crippen LogP contribution < -0.4 is 0 Å². The Hall–Kier alpha value is -2.67. The van der Waals surface area contributed by atoms with E-state index in [1.165, 1.54) is 12.8 Å². The van der Waals surface area contributed by atoms with Gasteiger partial charge in [-0.05, 0) is 49.8 Å². The van der Waals surface area contributed by atoms with Crippen LogP contribution >= 0.6 is 11.3 Å². The smallest absolute Gasteiger partial charge is 0.210 e. The summed E-state index contributed by atoms with van der Waals surface area (Å²) < 4.78 is 2.06. The van der Waals surface area contributed by atoms with Crippen LogP contribution in [0.1, 0.15) is 25.5 Å². The highest BCUT2D eigenvalue weighted by molar-refractivity contribution is 7.13. The molecule has 27 heavy (non-hydrogen) atoms. The van der Waals surface area contributed by atoms with Gasteiger partial charge in [0.1, 0.15) is 0 Å². The van der Waals surface area contributed by atoms with E-state index in [0.717, 1.165) is 45.6 Å². The Labute approximate surface area is 161 Å². The Kier molecular flexibility index (Phi) is 3.97. The van der Waals surface area contributed by atoms with E-state index >= 15 is 0 Å². The van der Waals surface area contributed by atoms with Gasteiger partial charge < -0.3 is 0 Å². The SMILES string of the molecule is Cc1csc(-c2nc(-c3ccc4nccnc4c3)n(CC3CC(C)C3)n2)n1. The second-order valence-electron chi connectivity index (χ2n) is 7.44. The number of rotatable bonds is 4. The Morgan fingerprint density at radius 2 is 1.93 bits per heavy atom. The molecule has 0 aliphatic heterocycles. The maximum absolute atomic E-state index is 4.85. The third kappa shape index (κ3) is 3.12. The summed E-state index contributed by atoms with van der Waals surface area (Å²) >= 11 is 1.59. The van der Waals surface area contributed by atoms with Crippen molar-refractivity contribution >= 4 is 22.4 Å².